The molecule has 0 bridgehead atoms. The summed E-state index contributed by atoms with van der Waals surface area (Å²) in [5.41, 5.74) is 1.40. The van der Waals surface area contributed by atoms with Crippen molar-refractivity contribution in [2.24, 2.45) is 0 Å². The van der Waals surface area contributed by atoms with Crippen molar-refractivity contribution < 1.29 is 19.1 Å². The van der Waals surface area contributed by atoms with Crippen molar-refractivity contribution in [1.29, 1.82) is 0 Å². The molecule has 1 saturated carbocycles. The number of carbonyl (C=O) groups is 2. The van der Waals surface area contributed by atoms with Gasteiger partial charge in [-0.1, -0.05) is 43.5 Å². The Hall–Kier alpha value is -3.87. The number of aromatic nitrogens is 1. The first-order valence-corrected chi connectivity index (χ1v) is 11.9. The number of amides is 2. The van der Waals surface area contributed by atoms with E-state index in [1.807, 2.05) is 30.3 Å². The minimum Gasteiger partial charge on any atom is -0.497 e. The van der Waals surface area contributed by atoms with Gasteiger partial charge in [-0.05, 0) is 49.2 Å². The fourth-order valence-corrected chi connectivity index (χ4v) is 4.55. The minimum absolute atomic E-state index is 0.0746. The van der Waals surface area contributed by atoms with Crippen molar-refractivity contribution in [3.63, 3.8) is 0 Å². The molecule has 1 N–H and O–H groups in total. The van der Waals surface area contributed by atoms with E-state index in [4.69, 9.17) is 9.47 Å². The number of ether oxygens (including phenoxy) is 2. The van der Waals surface area contributed by atoms with Crippen LogP contribution in [0.5, 0.6) is 11.5 Å². The molecule has 1 aliphatic rings. The number of rotatable bonds is 8. The molecule has 7 nitrogen and oxygen atoms in total. The van der Waals surface area contributed by atoms with E-state index in [2.05, 4.69) is 10.3 Å². The largest absolute Gasteiger partial charge is 0.497 e. The molecule has 4 rings (SSSR count). The summed E-state index contributed by atoms with van der Waals surface area (Å²) in [6.45, 7) is 0. The van der Waals surface area contributed by atoms with Crippen LogP contribution in [0, 0.1) is 0 Å². The van der Waals surface area contributed by atoms with E-state index >= 15 is 0 Å². The third-order valence-electron chi connectivity index (χ3n) is 6.33. The minimum atomic E-state index is -0.977. The first-order chi connectivity index (χ1) is 17.1. The van der Waals surface area contributed by atoms with E-state index in [1.165, 1.54) is 11.3 Å². The summed E-state index contributed by atoms with van der Waals surface area (Å²) in [6.07, 6.45) is 6.76. The Bertz CT molecular complexity index is 1130. The number of methoxy groups -OCH3 is 2. The van der Waals surface area contributed by atoms with Crippen LogP contribution in [0.4, 0.5) is 5.69 Å². The Morgan fingerprint density at radius 2 is 1.69 bits per heavy atom. The lowest BCUT2D eigenvalue weighted by molar-refractivity contribution is -0.123. The molecule has 1 fully saturated rings. The number of hydrogen-bond acceptors (Lipinski definition) is 5. The van der Waals surface area contributed by atoms with Crippen LogP contribution in [0.1, 0.15) is 54.2 Å². The van der Waals surface area contributed by atoms with Crippen LogP contribution in [0.25, 0.3) is 0 Å². The van der Waals surface area contributed by atoms with Crippen LogP contribution in [0.15, 0.2) is 72.9 Å². The molecule has 1 heterocycles. The maximum atomic E-state index is 14.0. The molecule has 2 amide bonds. The normalized spacial score (nSPS) is 14.6. The van der Waals surface area contributed by atoms with E-state index < -0.39 is 6.04 Å². The SMILES string of the molecule is COc1ccc(C(C(=O)NC2CCCCC2)N(C(=O)c2ccccn2)c2ccccc2)c(OC)c1. The van der Waals surface area contributed by atoms with Gasteiger partial charge in [0.2, 0.25) is 5.91 Å². The van der Waals surface area contributed by atoms with Gasteiger partial charge >= 0.3 is 0 Å². The Balaban J connectivity index is 1.84. The second-order valence-electron chi connectivity index (χ2n) is 8.58. The molecule has 1 unspecified atom stereocenters. The molecular weight excluding hydrogens is 442 g/mol. The molecule has 0 aliphatic heterocycles. The van der Waals surface area contributed by atoms with Crippen LogP contribution >= 0.6 is 0 Å². The smallest absolute Gasteiger partial charge is 0.277 e. The van der Waals surface area contributed by atoms with Crippen LogP contribution in [-0.2, 0) is 4.79 Å². The van der Waals surface area contributed by atoms with Crippen molar-refractivity contribution in [1.82, 2.24) is 10.3 Å². The summed E-state index contributed by atoms with van der Waals surface area (Å²) >= 11 is 0. The standard InChI is InChI=1S/C28H31N3O4/c1-34-22-16-17-23(25(19-22)35-2)26(27(32)30-20-11-5-3-6-12-20)31(21-13-7-4-8-14-21)28(33)24-15-9-10-18-29-24/h4,7-10,13-20,26H,3,5-6,11-12H2,1-2H3,(H,30,32). The van der Waals surface area contributed by atoms with E-state index in [1.54, 1.807) is 56.8 Å². The molecule has 1 atom stereocenters. The quantitative estimate of drug-likeness (QED) is 0.501. The van der Waals surface area contributed by atoms with Crippen LogP contribution in [0.3, 0.4) is 0 Å². The van der Waals surface area contributed by atoms with Crippen molar-refractivity contribution in [3.05, 3.63) is 84.2 Å². The van der Waals surface area contributed by atoms with Gasteiger partial charge in [0.1, 0.15) is 23.2 Å². The number of pyridine rings is 1. The van der Waals surface area contributed by atoms with Gasteiger partial charge in [0, 0.05) is 29.6 Å². The lowest BCUT2D eigenvalue weighted by Crippen LogP contribution is -2.47. The zero-order chi connectivity index (χ0) is 24.6. The van der Waals surface area contributed by atoms with Gasteiger partial charge in [-0.2, -0.15) is 0 Å². The van der Waals surface area contributed by atoms with Crippen LogP contribution < -0.4 is 19.7 Å². The molecule has 35 heavy (non-hydrogen) atoms. The topological polar surface area (TPSA) is 80.8 Å². The Morgan fingerprint density at radius 3 is 2.34 bits per heavy atom. The fraction of sp³-hybridized carbons (Fsp3) is 0.321. The monoisotopic (exact) mass is 473 g/mol. The number of hydrogen-bond donors (Lipinski definition) is 1. The summed E-state index contributed by atoms with van der Waals surface area (Å²) < 4.78 is 11.0. The highest BCUT2D eigenvalue weighted by molar-refractivity contribution is 6.09. The van der Waals surface area contributed by atoms with E-state index in [-0.39, 0.29) is 23.6 Å². The van der Waals surface area contributed by atoms with Crippen molar-refractivity contribution in [2.45, 2.75) is 44.2 Å². The third-order valence-corrected chi connectivity index (χ3v) is 6.33. The molecule has 0 saturated heterocycles. The molecule has 0 spiro atoms. The molecule has 7 heteroatoms. The van der Waals surface area contributed by atoms with Gasteiger partial charge in [0.15, 0.2) is 0 Å². The zero-order valence-electron chi connectivity index (χ0n) is 20.1. The molecule has 2 aromatic carbocycles. The summed E-state index contributed by atoms with van der Waals surface area (Å²) in [4.78, 5) is 33.6. The highest BCUT2D eigenvalue weighted by Gasteiger charge is 2.37. The van der Waals surface area contributed by atoms with Crippen molar-refractivity contribution in [3.8, 4) is 11.5 Å². The van der Waals surface area contributed by atoms with Gasteiger partial charge in [0.25, 0.3) is 5.91 Å². The second-order valence-corrected chi connectivity index (χ2v) is 8.58. The molecular formula is C28H31N3O4. The van der Waals surface area contributed by atoms with Gasteiger partial charge in [-0.25, -0.2) is 0 Å². The highest BCUT2D eigenvalue weighted by atomic mass is 16.5. The van der Waals surface area contributed by atoms with Gasteiger partial charge < -0.3 is 14.8 Å². The summed E-state index contributed by atoms with van der Waals surface area (Å²) in [7, 11) is 3.12. The number of anilines is 1. The zero-order valence-corrected chi connectivity index (χ0v) is 20.1. The van der Waals surface area contributed by atoms with Crippen molar-refractivity contribution >= 4 is 17.5 Å². The third kappa shape index (κ3) is 5.62. The lowest BCUT2D eigenvalue weighted by Gasteiger charge is -2.34. The number of para-hydroxylation sites is 1. The predicted octanol–water partition coefficient (Wildman–Crippen LogP) is 4.94. The maximum Gasteiger partial charge on any atom is 0.277 e. The Kier molecular flexibility index (Phi) is 7.98. The van der Waals surface area contributed by atoms with Gasteiger partial charge in [0.05, 0.1) is 14.2 Å². The van der Waals surface area contributed by atoms with Crippen molar-refractivity contribution in [2.75, 3.05) is 19.1 Å². The van der Waals surface area contributed by atoms with E-state index in [0.29, 0.717) is 22.7 Å². The summed E-state index contributed by atoms with van der Waals surface area (Å²) in [5.74, 6) is 0.425. The van der Waals surface area contributed by atoms with E-state index in [0.717, 1.165) is 25.7 Å². The first-order valence-electron chi connectivity index (χ1n) is 11.9. The number of nitrogens with zero attached hydrogens (tertiary/aromatic N) is 2. The van der Waals surface area contributed by atoms with Gasteiger partial charge in [-0.3, -0.25) is 19.5 Å². The van der Waals surface area contributed by atoms with Gasteiger partial charge in [-0.15, -0.1) is 0 Å². The number of nitrogens with one attached hydrogen (secondary N) is 1. The molecule has 3 aromatic rings. The average molecular weight is 474 g/mol. The fourth-order valence-electron chi connectivity index (χ4n) is 4.55. The first kappa shape index (κ1) is 24.3. The average Bonchev–Trinajstić information content (AvgIpc) is 2.92. The Morgan fingerprint density at radius 1 is 0.943 bits per heavy atom. The summed E-state index contributed by atoms with van der Waals surface area (Å²) in [5, 5.41) is 3.21. The molecule has 1 aliphatic carbocycles. The van der Waals surface area contributed by atoms with E-state index in [9.17, 15) is 9.59 Å². The second kappa shape index (κ2) is 11.5. The van der Waals surface area contributed by atoms with Crippen LogP contribution in [0.2, 0.25) is 0 Å². The predicted molar refractivity (Wildman–Crippen MR) is 135 cm³/mol. The molecule has 0 radical (unpaired) electrons. The Labute approximate surface area is 206 Å². The highest BCUT2D eigenvalue weighted by Crippen LogP contribution is 2.36. The molecule has 182 valence electrons. The number of carbonyl (C=O) groups excluding carboxylic acids is 2. The maximum absolute atomic E-state index is 14.0. The number of benzene rings is 2. The molecule has 1 aromatic heterocycles. The lowest BCUT2D eigenvalue weighted by atomic mass is 9.94. The van der Waals surface area contributed by atoms with Crippen LogP contribution in [-0.4, -0.2) is 37.1 Å². The summed E-state index contributed by atoms with van der Waals surface area (Å²) in [6, 6.07) is 18.7.